The molecule has 1 spiro atoms. The summed E-state index contributed by atoms with van der Waals surface area (Å²) in [6.07, 6.45) is 3.07. The molecule has 0 saturated carbocycles. The Hall–Kier alpha value is -1.51. The quantitative estimate of drug-likeness (QED) is 0.652. The van der Waals surface area contributed by atoms with Crippen LogP contribution in [0.3, 0.4) is 0 Å². The molecule has 1 heterocycles. The molecule has 15 heavy (non-hydrogen) atoms. The van der Waals surface area contributed by atoms with Crippen molar-refractivity contribution in [2.24, 2.45) is 0 Å². The summed E-state index contributed by atoms with van der Waals surface area (Å²) in [6.45, 7) is 0.764. The molecular weight excluding hydrogens is 188 g/mol. The zero-order valence-corrected chi connectivity index (χ0v) is 8.55. The monoisotopic (exact) mass is 202 g/mol. The topological polar surface area (TPSA) is 41.1 Å². The summed E-state index contributed by atoms with van der Waals surface area (Å²) in [7, 11) is 0. The number of amides is 2. The number of carbonyl (C=O) groups excluding carboxylic acids is 1. The Morgan fingerprint density at radius 3 is 2.73 bits per heavy atom. The molecule has 0 radical (unpaired) electrons. The first-order valence-corrected chi connectivity index (χ1v) is 5.40. The van der Waals surface area contributed by atoms with Crippen LogP contribution in [0, 0.1) is 0 Å². The van der Waals surface area contributed by atoms with E-state index in [2.05, 4.69) is 34.9 Å². The molecule has 0 aromatic heterocycles. The van der Waals surface area contributed by atoms with Crippen molar-refractivity contribution in [3.05, 3.63) is 35.4 Å². The van der Waals surface area contributed by atoms with Gasteiger partial charge in [-0.15, -0.1) is 0 Å². The minimum absolute atomic E-state index is 0.0191. The van der Waals surface area contributed by atoms with Crippen molar-refractivity contribution in [3.8, 4) is 0 Å². The third kappa shape index (κ3) is 1.39. The molecule has 2 aliphatic rings. The minimum Gasteiger partial charge on any atom is -0.336 e. The highest BCUT2D eigenvalue weighted by Crippen LogP contribution is 2.29. The van der Waals surface area contributed by atoms with Gasteiger partial charge in [0, 0.05) is 6.54 Å². The maximum absolute atomic E-state index is 11.2. The maximum atomic E-state index is 11.2. The van der Waals surface area contributed by atoms with Crippen LogP contribution in [-0.2, 0) is 12.8 Å². The lowest BCUT2D eigenvalue weighted by molar-refractivity contribution is 0.242. The molecule has 2 amide bonds. The van der Waals surface area contributed by atoms with Gasteiger partial charge in [-0.3, -0.25) is 0 Å². The first-order valence-electron chi connectivity index (χ1n) is 5.40. The summed E-state index contributed by atoms with van der Waals surface area (Å²) in [4.78, 5) is 11.2. The maximum Gasteiger partial charge on any atom is 0.315 e. The average Bonchev–Trinajstić information content (AvgIpc) is 2.60. The predicted molar refractivity (Wildman–Crippen MR) is 57.7 cm³/mol. The van der Waals surface area contributed by atoms with Crippen LogP contribution in [0.1, 0.15) is 17.5 Å². The van der Waals surface area contributed by atoms with E-state index in [1.165, 1.54) is 11.1 Å². The Bertz CT molecular complexity index is 416. The number of urea groups is 1. The highest BCUT2D eigenvalue weighted by atomic mass is 16.2. The summed E-state index contributed by atoms with van der Waals surface area (Å²) in [5.41, 5.74) is 2.79. The summed E-state index contributed by atoms with van der Waals surface area (Å²) < 4.78 is 0. The molecule has 0 bridgehead atoms. The van der Waals surface area contributed by atoms with Gasteiger partial charge in [-0.05, 0) is 30.4 Å². The zero-order valence-electron chi connectivity index (χ0n) is 8.55. The van der Waals surface area contributed by atoms with E-state index in [-0.39, 0.29) is 11.6 Å². The Labute approximate surface area is 88.9 Å². The van der Waals surface area contributed by atoms with Gasteiger partial charge in [0.15, 0.2) is 0 Å². The number of hydrogen-bond donors (Lipinski definition) is 2. The molecule has 1 fully saturated rings. The Balaban J connectivity index is 1.92. The second kappa shape index (κ2) is 2.99. The second-order valence-electron chi connectivity index (χ2n) is 4.53. The lowest BCUT2D eigenvalue weighted by atomic mass is 9.78. The summed E-state index contributed by atoms with van der Waals surface area (Å²) in [5.74, 6) is 0. The van der Waals surface area contributed by atoms with Crippen molar-refractivity contribution in [3.63, 3.8) is 0 Å². The number of carbonyl (C=O) groups is 1. The fourth-order valence-electron chi connectivity index (χ4n) is 2.64. The molecule has 3 heteroatoms. The molecule has 3 nitrogen and oxygen atoms in total. The van der Waals surface area contributed by atoms with Gasteiger partial charge in [-0.2, -0.15) is 0 Å². The average molecular weight is 202 g/mol. The first kappa shape index (κ1) is 8.77. The highest BCUT2D eigenvalue weighted by molar-refractivity contribution is 5.77. The molecule has 3 rings (SSSR count). The van der Waals surface area contributed by atoms with Crippen LogP contribution in [0.4, 0.5) is 4.79 Å². The van der Waals surface area contributed by atoms with Crippen molar-refractivity contribution < 1.29 is 4.79 Å². The van der Waals surface area contributed by atoms with Gasteiger partial charge >= 0.3 is 6.03 Å². The molecule has 1 aromatic rings. The van der Waals surface area contributed by atoms with Gasteiger partial charge in [0.05, 0.1) is 5.54 Å². The van der Waals surface area contributed by atoms with Gasteiger partial charge in [0.1, 0.15) is 0 Å². The fraction of sp³-hybridized carbons (Fsp3) is 0.417. The predicted octanol–water partition coefficient (Wildman–Crippen LogP) is 1.23. The molecule has 1 aliphatic heterocycles. The smallest absolute Gasteiger partial charge is 0.315 e. The Morgan fingerprint density at radius 2 is 2.00 bits per heavy atom. The number of aryl methyl sites for hydroxylation is 1. The molecular formula is C12H14N2O. The normalized spacial score (nSPS) is 28.4. The van der Waals surface area contributed by atoms with E-state index in [0.717, 1.165) is 25.8 Å². The fourth-order valence-corrected chi connectivity index (χ4v) is 2.64. The third-order valence-corrected chi connectivity index (χ3v) is 3.49. The van der Waals surface area contributed by atoms with Crippen LogP contribution in [0.25, 0.3) is 0 Å². The van der Waals surface area contributed by atoms with E-state index in [4.69, 9.17) is 0 Å². The summed E-state index contributed by atoms with van der Waals surface area (Å²) in [6, 6.07) is 8.49. The number of fused-ring (bicyclic) bond motifs is 1. The molecule has 1 saturated heterocycles. The van der Waals surface area contributed by atoms with Gasteiger partial charge in [-0.25, -0.2) is 4.79 Å². The number of rotatable bonds is 0. The highest BCUT2D eigenvalue weighted by Gasteiger charge is 2.39. The van der Waals surface area contributed by atoms with E-state index in [0.29, 0.717) is 0 Å². The molecule has 1 aliphatic carbocycles. The van der Waals surface area contributed by atoms with Crippen molar-refractivity contribution in [2.75, 3.05) is 6.54 Å². The SMILES string of the molecule is O=C1NCC2(CCc3ccccc3C2)N1. The van der Waals surface area contributed by atoms with E-state index < -0.39 is 0 Å². The summed E-state index contributed by atoms with van der Waals surface area (Å²) in [5, 5.41) is 5.92. The van der Waals surface area contributed by atoms with E-state index in [1.807, 2.05) is 0 Å². The zero-order chi connectivity index (χ0) is 10.3. The lowest BCUT2D eigenvalue weighted by Gasteiger charge is -2.33. The molecule has 1 unspecified atom stereocenters. The van der Waals surface area contributed by atoms with Gasteiger partial charge in [-0.1, -0.05) is 24.3 Å². The number of benzene rings is 1. The molecule has 1 aromatic carbocycles. The van der Waals surface area contributed by atoms with Gasteiger partial charge in [0.2, 0.25) is 0 Å². The lowest BCUT2D eigenvalue weighted by Crippen LogP contribution is -2.48. The van der Waals surface area contributed by atoms with Gasteiger partial charge < -0.3 is 10.6 Å². The van der Waals surface area contributed by atoms with Crippen molar-refractivity contribution in [1.82, 2.24) is 10.6 Å². The second-order valence-corrected chi connectivity index (χ2v) is 4.53. The molecule has 2 N–H and O–H groups in total. The van der Waals surface area contributed by atoms with Crippen LogP contribution in [-0.4, -0.2) is 18.1 Å². The van der Waals surface area contributed by atoms with Crippen LogP contribution in [0.15, 0.2) is 24.3 Å². The molecule has 78 valence electrons. The van der Waals surface area contributed by atoms with Crippen LogP contribution in [0.5, 0.6) is 0 Å². The number of nitrogens with one attached hydrogen (secondary N) is 2. The van der Waals surface area contributed by atoms with E-state index in [1.54, 1.807) is 0 Å². The standard InChI is InChI=1S/C12H14N2O/c15-11-13-8-12(14-11)6-5-9-3-1-2-4-10(9)7-12/h1-4H,5-8H2,(H2,13,14,15). The van der Waals surface area contributed by atoms with Crippen LogP contribution in [0.2, 0.25) is 0 Å². The van der Waals surface area contributed by atoms with Gasteiger partial charge in [0.25, 0.3) is 0 Å². The van der Waals surface area contributed by atoms with E-state index in [9.17, 15) is 4.79 Å². The Morgan fingerprint density at radius 1 is 1.20 bits per heavy atom. The number of hydrogen-bond acceptors (Lipinski definition) is 1. The van der Waals surface area contributed by atoms with Crippen LogP contribution < -0.4 is 10.6 Å². The van der Waals surface area contributed by atoms with Crippen molar-refractivity contribution >= 4 is 6.03 Å². The largest absolute Gasteiger partial charge is 0.336 e. The summed E-state index contributed by atoms with van der Waals surface area (Å²) >= 11 is 0. The molecule has 1 atom stereocenters. The van der Waals surface area contributed by atoms with Crippen molar-refractivity contribution in [1.29, 1.82) is 0 Å². The van der Waals surface area contributed by atoms with Crippen molar-refractivity contribution in [2.45, 2.75) is 24.8 Å². The third-order valence-electron chi connectivity index (χ3n) is 3.49. The van der Waals surface area contributed by atoms with E-state index >= 15 is 0 Å². The Kier molecular flexibility index (Phi) is 1.75. The first-order chi connectivity index (χ1) is 7.27. The minimum atomic E-state index is -0.0224. The van der Waals surface area contributed by atoms with Crippen LogP contribution >= 0.6 is 0 Å².